The third-order valence-corrected chi connectivity index (χ3v) is 4.39. The number of nitrogens with zero attached hydrogens (tertiary/aromatic N) is 2. The van der Waals surface area contributed by atoms with Crippen molar-refractivity contribution in [2.45, 2.75) is 6.54 Å². The van der Waals surface area contributed by atoms with Crippen LogP contribution in [0.1, 0.15) is 15.9 Å². The molecule has 24 heavy (non-hydrogen) atoms. The summed E-state index contributed by atoms with van der Waals surface area (Å²) in [6.07, 6.45) is 0. The van der Waals surface area contributed by atoms with E-state index in [4.69, 9.17) is 11.6 Å². The molecule has 1 aliphatic rings. The predicted octanol–water partition coefficient (Wildman–Crippen LogP) is 3.58. The van der Waals surface area contributed by atoms with Gasteiger partial charge in [-0.05, 0) is 42.0 Å². The van der Waals surface area contributed by atoms with Crippen molar-refractivity contribution in [3.8, 4) is 0 Å². The van der Waals surface area contributed by atoms with E-state index in [0.717, 1.165) is 11.6 Å². The standard InChI is InChI=1S/C18H17ClF2N2O/c19-15-4-2-14(3-5-15)18(24)23-9-7-22(8-10-23)12-13-1-6-16(20)17(21)11-13/h1-6,11H,7-10,12H2. The maximum Gasteiger partial charge on any atom is 0.253 e. The molecule has 1 heterocycles. The van der Waals surface area contributed by atoms with Crippen LogP contribution in [0, 0.1) is 11.6 Å². The minimum absolute atomic E-state index is 0.0147. The molecule has 0 aromatic heterocycles. The Balaban J connectivity index is 1.56. The number of amides is 1. The predicted molar refractivity (Wildman–Crippen MR) is 89.0 cm³/mol. The van der Waals surface area contributed by atoms with E-state index < -0.39 is 11.6 Å². The van der Waals surface area contributed by atoms with Crippen molar-refractivity contribution in [2.75, 3.05) is 26.2 Å². The van der Waals surface area contributed by atoms with Crippen LogP contribution in [-0.4, -0.2) is 41.9 Å². The highest BCUT2D eigenvalue weighted by atomic mass is 35.5. The first-order chi connectivity index (χ1) is 11.5. The zero-order valence-corrected chi connectivity index (χ0v) is 13.8. The second-order valence-corrected chi connectivity index (χ2v) is 6.26. The summed E-state index contributed by atoms with van der Waals surface area (Å²) in [5.41, 5.74) is 1.35. The molecule has 3 nitrogen and oxygen atoms in total. The molecule has 0 aliphatic carbocycles. The lowest BCUT2D eigenvalue weighted by Gasteiger charge is -2.34. The van der Waals surface area contributed by atoms with E-state index in [9.17, 15) is 13.6 Å². The molecule has 2 aromatic rings. The number of hydrogen-bond acceptors (Lipinski definition) is 2. The van der Waals surface area contributed by atoms with E-state index in [-0.39, 0.29) is 5.91 Å². The van der Waals surface area contributed by atoms with Crippen LogP contribution in [0.2, 0.25) is 5.02 Å². The summed E-state index contributed by atoms with van der Waals surface area (Å²) in [5.74, 6) is -1.68. The van der Waals surface area contributed by atoms with E-state index in [0.29, 0.717) is 43.3 Å². The molecule has 0 N–H and O–H groups in total. The molecular weight excluding hydrogens is 334 g/mol. The second-order valence-electron chi connectivity index (χ2n) is 5.82. The molecule has 3 rings (SSSR count). The lowest BCUT2D eigenvalue weighted by atomic mass is 10.1. The van der Waals surface area contributed by atoms with Gasteiger partial charge in [-0.2, -0.15) is 0 Å². The normalized spacial score (nSPS) is 15.5. The lowest BCUT2D eigenvalue weighted by Crippen LogP contribution is -2.48. The maximum absolute atomic E-state index is 13.3. The van der Waals surface area contributed by atoms with Crippen molar-refractivity contribution in [1.29, 1.82) is 0 Å². The summed E-state index contributed by atoms with van der Waals surface area (Å²) in [6.45, 7) is 3.13. The average Bonchev–Trinajstić information content (AvgIpc) is 2.59. The molecule has 1 aliphatic heterocycles. The Morgan fingerprint density at radius 2 is 1.62 bits per heavy atom. The molecule has 1 fully saturated rings. The number of benzene rings is 2. The zero-order chi connectivity index (χ0) is 17.1. The summed E-state index contributed by atoms with van der Waals surface area (Å²) in [4.78, 5) is 16.4. The molecule has 2 aromatic carbocycles. The molecule has 0 radical (unpaired) electrons. The molecule has 6 heteroatoms. The maximum atomic E-state index is 13.3. The Bertz CT molecular complexity index is 728. The van der Waals surface area contributed by atoms with Crippen molar-refractivity contribution in [3.05, 3.63) is 70.2 Å². The van der Waals surface area contributed by atoms with Gasteiger partial charge in [0.1, 0.15) is 0 Å². The first kappa shape index (κ1) is 16.9. The fourth-order valence-corrected chi connectivity index (χ4v) is 2.91. The zero-order valence-electron chi connectivity index (χ0n) is 13.0. The summed E-state index contributed by atoms with van der Waals surface area (Å²) >= 11 is 5.84. The Kier molecular flexibility index (Phi) is 5.11. The number of hydrogen-bond donors (Lipinski definition) is 0. The topological polar surface area (TPSA) is 23.6 Å². The van der Waals surface area contributed by atoms with Crippen LogP contribution in [0.3, 0.4) is 0 Å². The van der Waals surface area contributed by atoms with Crippen molar-refractivity contribution < 1.29 is 13.6 Å². The molecular formula is C18H17ClF2N2O. The van der Waals surface area contributed by atoms with Gasteiger partial charge in [0.25, 0.3) is 5.91 Å². The van der Waals surface area contributed by atoms with Crippen molar-refractivity contribution in [2.24, 2.45) is 0 Å². The number of halogens is 3. The number of carbonyl (C=O) groups excluding carboxylic acids is 1. The van der Waals surface area contributed by atoms with Crippen LogP contribution in [0.5, 0.6) is 0 Å². The number of rotatable bonds is 3. The lowest BCUT2D eigenvalue weighted by molar-refractivity contribution is 0.0628. The Morgan fingerprint density at radius 1 is 0.958 bits per heavy atom. The minimum Gasteiger partial charge on any atom is -0.336 e. The van der Waals surface area contributed by atoms with Gasteiger partial charge >= 0.3 is 0 Å². The van der Waals surface area contributed by atoms with Gasteiger partial charge < -0.3 is 4.90 Å². The molecule has 0 spiro atoms. The molecule has 1 amide bonds. The highest BCUT2D eigenvalue weighted by Gasteiger charge is 2.22. The highest BCUT2D eigenvalue weighted by Crippen LogP contribution is 2.15. The van der Waals surface area contributed by atoms with Crippen LogP contribution in [0.4, 0.5) is 8.78 Å². The van der Waals surface area contributed by atoms with Crippen LogP contribution in [0.25, 0.3) is 0 Å². The first-order valence-corrected chi connectivity index (χ1v) is 8.12. The smallest absolute Gasteiger partial charge is 0.253 e. The summed E-state index contributed by atoms with van der Waals surface area (Å²) < 4.78 is 26.2. The monoisotopic (exact) mass is 350 g/mol. The number of piperazine rings is 1. The molecule has 126 valence electrons. The Labute approximate surface area is 144 Å². The van der Waals surface area contributed by atoms with E-state index >= 15 is 0 Å². The van der Waals surface area contributed by atoms with Gasteiger partial charge in [-0.25, -0.2) is 8.78 Å². The molecule has 0 unspecified atom stereocenters. The van der Waals surface area contributed by atoms with Gasteiger partial charge in [-0.3, -0.25) is 9.69 Å². The van der Waals surface area contributed by atoms with Crippen LogP contribution >= 0.6 is 11.6 Å². The van der Waals surface area contributed by atoms with Gasteiger partial charge in [0, 0.05) is 43.3 Å². The fraction of sp³-hybridized carbons (Fsp3) is 0.278. The fourth-order valence-electron chi connectivity index (χ4n) is 2.78. The third kappa shape index (κ3) is 3.91. The van der Waals surface area contributed by atoms with Crippen molar-refractivity contribution in [1.82, 2.24) is 9.80 Å². The van der Waals surface area contributed by atoms with Gasteiger partial charge in [0.2, 0.25) is 0 Å². The first-order valence-electron chi connectivity index (χ1n) is 7.74. The Hall–Kier alpha value is -1.98. The van der Waals surface area contributed by atoms with Crippen molar-refractivity contribution >= 4 is 17.5 Å². The quantitative estimate of drug-likeness (QED) is 0.844. The summed E-state index contributed by atoms with van der Waals surface area (Å²) in [7, 11) is 0. The van der Waals surface area contributed by atoms with Gasteiger partial charge in [-0.1, -0.05) is 17.7 Å². The number of carbonyl (C=O) groups is 1. The molecule has 1 saturated heterocycles. The summed E-state index contributed by atoms with van der Waals surface area (Å²) in [6, 6.07) is 10.8. The van der Waals surface area contributed by atoms with Crippen LogP contribution < -0.4 is 0 Å². The van der Waals surface area contributed by atoms with E-state index in [2.05, 4.69) is 4.90 Å². The molecule has 0 atom stereocenters. The minimum atomic E-state index is -0.836. The largest absolute Gasteiger partial charge is 0.336 e. The van der Waals surface area contributed by atoms with E-state index in [1.807, 2.05) is 0 Å². The SMILES string of the molecule is O=C(c1ccc(Cl)cc1)N1CCN(Cc2ccc(F)c(F)c2)CC1. The third-order valence-electron chi connectivity index (χ3n) is 4.14. The van der Waals surface area contributed by atoms with Gasteiger partial charge in [0.15, 0.2) is 11.6 Å². The van der Waals surface area contributed by atoms with Gasteiger partial charge in [-0.15, -0.1) is 0 Å². The average molecular weight is 351 g/mol. The van der Waals surface area contributed by atoms with E-state index in [1.165, 1.54) is 6.07 Å². The highest BCUT2D eigenvalue weighted by molar-refractivity contribution is 6.30. The summed E-state index contributed by atoms with van der Waals surface area (Å²) in [5, 5.41) is 0.600. The molecule has 0 saturated carbocycles. The van der Waals surface area contributed by atoms with E-state index in [1.54, 1.807) is 35.2 Å². The van der Waals surface area contributed by atoms with Crippen LogP contribution in [0.15, 0.2) is 42.5 Å². The van der Waals surface area contributed by atoms with Gasteiger partial charge in [0.05, 0.1) is 0 Å². The second kappa shape index (κ2) is 7.28. The van der Waals surface area contributed by atoms with Crippen molar-refractivity contribution in [3.63, 3.8) is 0 Å². The Morgan fingerprint density at radius 3 is 2.25 bits per heavy atom. The van der Waals surface area contributed by atoms with Crippen LogP contribution in [-0.2, 0) is 6.54 Å². The molecule has 0 bridgehead atoms.